The van der Waals surface area contributed by atoms with E-state index in [9.17, 15) is 4.79 Å². The van der Waals surface area contributed by atoms with Gasteiger partial charge in [0.1, 0.15) is 0 Å². The Morgan fingerprint density at radius 3 is 2.73 bits per heavy atom. The number of anilines is 1. The van der Waals surface area contributed by atoms with Crippen molar-refractivity contribution in [2.24, 2.45) is 0 Å². The first-order chi connectivity index (χ1) is 7.16. The summed E-state index contributed by atoms with van der Waals surface area (Å²) >= 11 is 0. The monoisotopic (exact) mass is 200 g/mol. The van der Waals surface area contributed by atoms with E-state index >= 15 is 0 Å². The first-order valence-corrected chi connectivity index (χ1v) is 4.72. The van der Waals surface area contributed by atoms with E-state index < -0.39 is 0 Å². The quantitative estimate of drug-likeness (QED) is 0.691. The largest absolute Gasteiger partial charge is 0.398 e. The summed E-state index contributed by atoms with van der Waals surface area (Å²) in [6, 6.07) is 9.17. The van der Waals surface area contributed by atoms with Crippen molar-refractivity contribution in [1.29, 1.82) is 0 Å². The Kier molecular flexibility index (Phi) is 2.29. The highest BCUT2D eigenvalue weighted by Gasteiger charge is 2.02. The zero-order chi connectivity index (χ0) is 10.8. The van der Waals surface area contributed by atoms with Crippen molar-refractivity contribution in [2.45, 2.75) is 6.92 Å². The molecule has 1 heterocycles. The van der Waals surface area contributed by atoms with E-state index in [0.29, 0.717) is 5.69 Å². The van der Waals surface area contributed by atoms with Gasteiger partial charge >= 0.3 is 0 Å². The van der Waals surface area contributed by atoms with Crippen molar-refractivity contribution in [1.82, 2.24) is 4.98 Å². The minimum Gasteiger partial charge on any atom is -0.398 e. The van der Waals surface area contributed by atoms with Crippen LogP contribution >= 0.6 is 0 Å². The number of aromatic amines is 1. The maximum atomic E-state index is 11.2. The minimum atomic E-state index is -0.117. The third-order valence-electron chi connectivity index (χ3n) is 2.29. The van der Waals surface area contributed by atoms with Crippen LogP contribution in [-0.4, -0.2) is 4.98 Å². The van der Waals surface area contributed by atoms with Crippen molar-refractivity contribution in [3.8, 4) is 11.1 Å². The van der Waals surface area contributed by atoms with Crippen molar-refractivity contribution in [3.63, 3.8) is 0 Å². The molecule has 0 saturated carbocycles. The number of nitrogens with two attached hydrogens (primary N) is 1. The Bertz CT molecular complexity index is 543. The summed E-state index contributed by atoms with van der Waals surface area (Å²) in [6.45, 7) is 2.00. The van der Waals surface area contributed by atoms with Crippen LogP contribution in [0, 0.1) is 6.92 Å². The molecule has 0 bridgehead atoms. The maximum absolute atomic E-state index is 11.2. The normalized spacial score (nSPS) is 10.2. The highest BCUT2D eigenvalue weighted by Crippen LogP contribution is 2.25. The lowest BCUT2D eigenvalue weighted by Crippen LogP contribution is -2.03. The van der Waals surface area contributed by atoms with Crippen LogP contribution in [0.3, 0.4) is 0 Å². The van der Waals surface area contributed by atoms with Gasteiger partial charge in [-0.2, -0.15) is 0 Å². The number of aryl methyl sites for hydroxylation is 1. The first kappa shape index (κ1) is 9.52. The molecule has 2 rings (SSSR count). The molecule has 3 heteroatoms. The summed E-state index contributed by atoms with van der Waals surface area (Å²) in [5, 5.41) is 0. The lowest BCUT2D eigenvalue weighted by molar-refractivity contribution is 1.24. The standard InChI is InChI=1S/C12H12N2O/c1-8-2-3-11(13)10(6-8)9-4-5-14-12(15)7-9/h2-7H,13H2,1H3,(H,14,15). The zero-order valence-electron chi connectivity index (χ0n) is 8.45. The van der Waals surface area contributed by atoms with Crippen LogP contribution < -0.4 is 11.3 Å². The zero-order valence-corrected chi connectivity index (χ0v) is 8.45. The Labute approximate surface area is 87.6 Å². The molecule has 0 aliphatic rings. The second-order valence-electron chi connectivity index (χ2n) is 3.53. The maximum Gasteiger partial charge on any atom is 0.248 e. The summed E-state index contributed by atoms with van der Waals surface area (Å²) in [5.41, 5.74) is 9.30. The molecular weight excluding hydrogens is 188 g/mol. The van der Waals surface area contributed by atoms with Crippen LogP contribution in [0.5, 0.6) is 0 Å². The SMILES string of the molecule is Cc1ccc(N)c(-c2cc[nH]c(=O)c2)c1. The molecule has 0 aliphatic carbocycles. The molecule has 2 aromatic rings. The van der Waals surface area contributed by atoms with E-state index in [2.05, 4.69) is 4.98 Å². The molecule has 3 nitrogen and oxygen atoms in total. The van der Waals surface area contributed by atoms with Crippen LogP contribution in [0.2, 0.25) is 0 Å². The molecule has 0 spiro atoms. The van der Waals surface area contributed by atoms with Gasteiger partial charge in [-0.05, 0) is 30.7 Å². The predicted octanol–water partition coefficient (Wildman–Crippen LogP) is 1.93. The number of nitrogen functional groups attached to an aromatic ring is 1. The number of aromatic nitrogens is 1. The van der Waals surface area contributed by atoms with Gasteiger partial charge in [0.05, 0.1) is 0 Å². The Hall–Kier alpha value is -2.03. The highest BCUT2D eigenvalue weighted by molar-refractivity contribution is 5.76. The Balaban J connectivity index is 2.63. The number of hydrogen-bond donors (Lipinski definition) is 2. The molecule has 15 heavy (non-hydrogen) atoms. The Morgan fingerprint density at radius 2 is 2.00 bits per heavy atom. The fraction of sp³-hybridized carbons (Fsp3) is 0.0833. The molecule has 0 fully saturated rings. The highest BCUT2D eigenvalue weighted by atomic mass is 16.1. The van der Waals surface area contributed by atoms with Crippen LogP contribution in [0.4, 0.5) is 5.69 Å². The van der Waals surface area contributed by atoms with Gasteiger partial charge in [-0.1, -0.05) is 11.6 Å². The van der Waals surface area contributed by atoms with Gasteiger partial charge in [-0.15, -0.1) is 0 Å². The molecule has 0 radical (unpaired) electrons. The summed E-state index contributed by atoms with van der Waals surface area (Å²) < 4.78 is 0. The van der Waals surface area contributed by atoms with Crippen LogP contribution in [0.1, 0.15) is 5.56 Å². The van der Waals surface area contributed by atoms with Crippen molar-refractivity contribution in [3.05, 3.63) is 52.4 Å². The van der Waals surface area contributed by atoms with E-state index in [4.69, 9.17) is 5.73 Å². The molecule has 1 aromatic heterocycles. The molecule has 76 valence electrons. The van der Waals surface area contributed by atoms with Gasteiger partial charge in [0.15, 0.2) is 0 Å². The van der Waals surface area contributed by atoms with Gasteiger partial charge < -0.3 is 10.7 Å². The summed E-state index contributed by atoms with van der Waals surface area (Å²) in [5.74, 6) is 0. The van der Waals surface area contributed by atoms with Crippen molar-refractivity contribution < 1.29 is 0 Å². The van der Waals surface area contributed by atoms with Crippen LogP contribution in [0.25, 0.3) is 11.1 Å². The van der Waals surface area contributed by atoms with Gasteiger partial charge in [-0.25, -0.2) is 0 Å². The molecule has 0 aliphatic heterocycles. The van der Waals surface area contributed by atoms with E-state index in [1.807, 2.05) is 31.2 Å². The second-order valence-corrected chi connectivity index (χ2v) is 3.53. The van der Waals surface area contributed by atoms with Crippen LogP contribution in [0.15, 0.2) is 41.3 Å². The molecule has 3 N–H and O–H groups in total. The molecule has 0 unspecified atom stereocenters. The molecule has 0 saturated heterocycles. The van der Waals surface area contributed by atoms with Crippen molar-refractivity contribution in [2.75, 3.05) is 5.73 Å². The summed E-state index contributed by atoms with van der Waals surface area (Å²) in [7, 11) is 0. The predicted molar refractivity (Wildman–Crippen MR) is 61.6 cm³/mol. The van der Waals surface area contributed by atoms with Gasteiger partial charge in [-0.3, -0.25) is 4.79 Å². The third kappa shape index (κ3) is 1.91. The smallest absolute Gasteiger partial charge is 0.248 e. The number of nitrogens with one attached hydrogen (secondary N) is 1. The number of H-pyrrole nitrogens is 1. The molecule has 0 amide bonds. The number of benzene rings is 1. The van der Waals surface area contributed by atoms with Crippen LogP contribution in [-0.2, 0) is 0 Å². The topological polar surface area (TPSA) is 58.9 Å². The van der Waals surface area contributed by atoms with Gasteiger partial charge in [0.25, 0.3) is 0 Å². The van der Waals surface area contributed by atoms with E-state index in [1.165, 1.54) is 0 Å². The minimum absolute atomic E-state index is 0.117. The molecule has 0 atom stereocenters. The molecule has 1 aromatic carbocycles. The van der Waals surface area contributed by atoms with E-state index in [1.54, 1.807) is 12.3 Å². The third-order valence-corrected chi connectivity index (χ3v) is 2.29. The summed E-state index contributed by atoms with van der Waals surface area (Å²) in [6.07, 6.45) is 1.62. The number of pyridine rings is 1. The fourth-order valence-corrected chi connectivity index (χ4v) is 1.53. The van der Waals surface area contributed by atoms with Gasteiger partial charge in [0, 0.05) is 23.5 Å². The average molecular weight is 200 g/mol. The summed E-state index contributed by atoms with van der Waals surface area (Å²) in [4.78, 5) is 13.7. The second kappa shape index (κ2) is 3.61. The average Bonchev–Trinajstić information content (AvgIpc) is 2.22. The van der Waals surface area contributed by atoms with E-state index in [0.717, 1.165) is 16.7 Å². The lowest BCUT2D eigenvalue weighted by Gasteiger charge is -2.06. The van der Waals surface area contributed by atoms with Gasteiger partial charge in [0.2, 0.25) is 5.56 Å². The number of hydrogen-bond acceptors (Lipinski definition) is 2. The van der Waals surface area contributed by atoms with E-state index in [-0.39, 0.29) is 5.56 Å². The first-order valence-electron chi connectivity index (χ1n) is 4.72. The fourth-order valence-electron chi connectivity index (χ4n) is 1.53. The lowest BCUT2D eigenvalue weighted by atomic mass is 10.0. The Morgan fingerprint density at radius 1 is 1.20 bits per heavy atom. The van der Waals surface area contributed by atoms with Crippen molar-refractivity contribution >= 4 is 5.69 Å². The molecular formula is C12H12N2O. The number of rotatable bonds is 1.